The van der Waals surface area contributed by atoms with Gasteiger partial charge in [-0.05, 0) is 34.5 Å². The fourth-order valence-electron chi connectivity index (χ4n) is 2.96. The van der Waals surface area contributed by atoms with Crippen molar-refractivity contribution in [1.82, 2.24) is 14.5 Å². The average Bonchev–Trinajstić information content (AvgIpc) is 3.01. The molecule has 130 valence electrons. The Morgan fingerprint density at radius 1 is 1.17 bits per heavy atom. The van der Waals surface area contributed by atoms with Gasteiger partial charge in [-0.3, -0.25) is 9.59 Å². The van der Waals surface area contributed by atoms with E-state index in [-0.39, 0.29) is 29.8 Å². The Kier molecular flexibility index (Phi) is 4.93. The summed E-state index contributed by atoms with van der Waals surface area (Å²) < 4.78 is 27.4. The molecule has 1 aromatic carbocycles. The van der Waals surface area contributed by atoms with Crippen molar-refractivity contribution in [2.75, 3.05) is 26.2 Å². The third-order valence-electron chi connectivity index (χ3n) is 4.30. The van der Waals surface area contributed by atoms with E-state index in [0.717, 1.165) is 0 Å². The minimum absolute atomic E-state index is 0.108. The van der Waals surface area contributed by atoms with E-state index in [0.29, 0.717) is 30.4 Å². The number of nitrogens with zero attached hydrogens (tertiary/aromatic N) is 2. The molecule has 0 saturated carbocycles. The van der Waals surface area contributed by atoms with Gasteiger partial charge in [-0.15, -0.1) is 0 Å². The molecule has 0 aliphatic carbocycles. The Labute approximate surface area is 149 Å². The summed E-state index contributed by atoms with van der Waals surface area (Å²) in [5.74, 6) is -0.234. The first-order valence-corrected chi connectivity index (χ1v) is 9.96. The van der Waals surface area contributed by atoms with E-state index in [4.69, 9.17) is 0 Å². The standard InChI is InChI=1S/C15H18BrN3O4S/c16-11-3-1-2-4-13(11)24(22,23)19-9-7-18(8-10-19)15(21)12-5-6-14(20)17-12/h1-4,12H,5-10H2,(H,17,20)/t12-/m1/s1. The highest BCUT2D eigenvalue weighted by Gasteiger charge is 2.35. The molecule has 2 saturated heterocycles. The van der Waals surface area contributed by atoms with Crippen LogP contribution in [0.2, 0.25) is 0 Å². The van der Waals surface area contributed by atoms with Crippen molar-refractivity contribution in [3.8, 4) is 0 Å². The van der Waals surface area contributed by atoms with E-state index in [2.05, 4.69) is 21.2 Å². The molecule has 24 heavy (non-hydrogen) atoms. The summed E-state index contributed by atoms with van der Waals surface area (Å²) in [5, 5.41) is 2.66. The topological polar surface area (TPSA) is 86.8 Å². The lowest BCUT2D eigenvalue weighted by atomic mass is 10.2. The summed E-state index contributed by atoms with van der Waals surface area (Å²) in [6.45, 7) is 1.15. The molecular formula is C15H18BrN3O4S. The van der Waals surface area contributed by atoms with Gasteiger partial charge in [0.25, 0.3) is 0 Å². The van der Waals surface area contributed by atoms with Gasteiger partial charge in [-0.2, -0.15) is 4.31 Å². The van der Waals surface area contributed by atoms with E-state index >= 15 is 0 Å². The molecule has 0 aromatic heterocycles. The Bertz CT molecular complexity index is 760. The molecule has 2 aliphatic heterocycles. The molecule has 1 atom stereocenters. The van der Waals surface area contributed by atoms with Gasteiger partial charge in [0.15, 0.2) is 0 Å². The number of carbonyl (C=O) groups excluding carboxylic acids is 2. The molecule has 2 fully saturated rings. The lowest BCUT2D eigenvalue weighted by molar-refractivity contribution is -0.135. The van der Waals surface area contributed by atoms with Crippen molar-refractivity contribution in [2.45, 2.75) is 23.8 Å². The van der Waals surface area contributed by atoms with Gasteiger partial charge in [0.05, 0.1) is 4.90 Å². The Morgan fingerprint density at radius 3 is 2.42 bits per heavy atom. The molecule has 1 N–H and O–H groups in total. The van der Waals surface area contributed by atoms with Gasteiger partial charge < -0.3 is 10.2 Å². The number of hydrogen-bond donors (Lipinski definition) is 1. The lowest BCUT2D eigenvalue weighted by Gasteiger charge is -2.35. The number of amides is 2. The highest BCUT2D eigenvalue weighted by molar-refractivity contribution is 9.10. The number of sulfonamides is 1. The van der Waals surface area contributed by atoms with Crippen molar-refractivity contribution in [3.05, 3.63) is 28.7 Å². The predicted molar refractivity (Wildman–Crippen MR) is 90.6 cm³/mol. The van der Waals surface area contributed by atoms with Gasteiger partial charge in [-0.25, -0.2) is 8.42 Å². The summed E-state index contributed by atoms with van der Waals surface area (Å²) in [4.78, 5) is 25.5. The zero-order valence-corrected chi connectivity index (χ0v) is 15.3. The summed E-state index contributed by atoms with van der Waals surface area (Å²) in [6, 6.07) is 6.22. The lowest BCUT2D eigenvalue weighted by Crippen LogP contribution is -2.54. The minimum atomic E-state index is -3.59. The molecular weight excluding hydrogens is 398 g/mol. The maximum atomic E-state index is 12.7. The quantitative estimate of drug-likeness (QED) is 0.781. The Hall–Kier alpha value is -1.45. The molecule has 0 radical (unpaired) electrons. The van der Waals surface area contributed by atoms with Crippen LogP contribution in [0.15, 0.2) is 33.6 Å². The third kappa shape index (κ3) is 3.33. The summed E-state index contributed by atoms with van der Waals surface area (Å²) in [5.41, 5.74) is 0. The normalized spacial score (nSPS) is 22.5. The number of halogens is 1. The van der Waals surface area contributed by atoms with Gasteiger partial charge >= 0.3 is 0 Å². The van der Waals surface area contributed by atoms with Crippen LogP contribution < -0.4 is 5.32 Å². The highest BCUT2D eigenvalue weighted by Crippen LogP contribution is 2.25. The van der Waals surface area contributed by atoms with Crippen LogP contribution in [-0.4, -0.2) is 61.7 Å². The molecule has 3 rings (SSSR count). The smallest absolute Gasteiger partial charge is 0.245 e. The fraction of sp³-hybridized carbons (Fsp3) is 0.467. The molecule has 2 amide bonds. The zero-order chi connectivity index (χ0) is 17.3. The van der Waals surface area contributed by atoms with E-state index in [1.807, 2.05) is 0 Å². The molecule has 9 heteroatoms. The maximum Gasteiger partial charge on any atom is 0.245 e. The summed E-state index contributed by atoms with van der Waals surface area (Å²) in [6.07, 6.45) is 0.875. The fourth-order valence-corrected chi connectivity index (χ4v) is 5.35. The molecule has 7 nitrogen and oxygen atoms in total. The molecule has 2 aliphatic rings. The van der Waals surface area contributed by atoms with Gasteiger partial charge in [0.1, 0.15) is 6.04 Å². The first-order valence-electron chi connectivity index (χ1n) is 7.72. The first-order chi connectivity index (χ1) is 11.4. The summed E-state index contributed by atoms with van der Waals surface area (Å²) >= 11 is 3.27. The van der Waals surface area contributed by atoms with Crippen LogP contribution in [0.1, 0.15) is 12.8 Å². The van der Waals surface area contributed by atoms with Gasteiger partial charge in [0, 0.05) is 37.1 Å². The SMILES string of the molecule is O=C1CC[C@H](C(=O)N2CCN(S(=O)(=O)c3ccccc3Br)CC2)N1. The van der Waals surface area contributed by atoms with E-state index in [1.54, 1.807) is 29.2 Å². The van der Waals surface area contributed by atoms with E-state index in [1.165, 1.54) is 4.31 Å². The van der Waals surface area contributed by atoms with Crippen LogP contribution in [0.5, 0.6) is 0 Å². The van der Waals surface area contributed by atoms with E-state index < -0.39 is 16.1 Å². The number of piperazine rings is 1. The molecule has 0 bridgehead atoms. The van der Waals surface area contributed by atoms with Crippen LogP contribution in [0, 0.1) is 0 Å². The second kappa shape index (κ2) is 6.81. The maximum absolute atomic E-state index is 12.7. The Balaban J connectivity index is 1.66. The number of nitrogens with one attached hydrogen (secondary N) is 1. The zero-order valence-electron chi connectivity index (χ0n) is 12.9. The first kappa shape index (κ1) is 17.4. The molecule has 0 unspecified atom stereocenters. The highest BCUT2D eigenvalue weighted by atomic mass is 79.9. The van der Waals surface area contributed by atoms with Crippen molar-refractivity contribution in [3.63, 3.8) is 0 Å². The van der Waals surface area contributed by atoms with Crippen molar-refractivity contribution < 1.29 is 18.0 Å². The van der Waals surface area contributed by atoms with E-state index in [9.17, 15) is 18.0 Å². The second-order valence-corrected chi connectivity index (χ2v) is 8.58. The van der Waals surface area contributed by atoms with Crippen LogP contribution in [0.4, 0.5) is 0 Å². The van der Waals surface area contributed by atoms with Crippen molar-refractivity contribution in [1.29, 1.82) is 0 Å². The number of rotatable bonds is 3. The van der Waals surface area contributed by atoms with Crippen LogP contribution in [0.25, 0.3) is 0 Å². The number of hydrogen-bond acceptors (Lipinski definition) is 4. The van der Waals surface area contributed by atoms with Crippen LogP contribution in [-0.2, 0) is 19.6 Å². The van der Waals surface area contributed by atoms with Crippen LogP contribution in [0.3, 0.4) is 0 Å². The molecule has 1 aromatic rings. The molecule has 0 spiro atoms. The summed E-state index contributed by atoms with van der Waals surface area (Å²) in [7, 11) is -3.59. The van der Waals surface area contributed by atoms with Gasteiger partial charge in [-0.1, -0.05) is 12.1 Å². The number of carbonyl (C=O) groups is 2. The van der Waals surface area contributed by atoms with Gasteiger partial charge in [0.2, 0.25) is 21.8 Å². The average molecular weight is 416 g/mol. The van der Waals surface area contributed by atoms with Crippen molar-refractivity contribution >= 4 is 37.8 Å². The largest absolute Gasteiger partial charge is 0.344 e. The Morgan fingerprint density at radius 2 is 1.83 bits per heavy atom. The second-order valence-electron chi connectivity index (χ2n) is 5.82. The molecule has 2 heterocycles. The third-order valence-corrected chi connectivity index (χ3v) is 7.21. The monoisotopic (exact) mass is 415 g/mol. The number of benzene rings is 1. The van der Waals surface area contributed by atoms with Crippen molar-refractivity contribution in [2.24, 2.45) is 0 Å². The minimum Gasteiger partial charge on any atom is -0.344 e. The van der Waals surface area contributed by atoms with Crippen LogP contribution >= 0.6 is 15.9 Å². The predicted octanol–water partition coefficient (Wildman–Crippen LogP) is 0.561.